The molecule has 0 spiro atoms. The number of rotatable bonds is 6. The van der Waals surface area contributed by atoms with Crippen LogP contribution < -0.4 is 0 Å². The van der Waals surface area contributed by atoms with Gasteiger partial charge < -0.3 is 0 Å². The van der Waals surface area contributed by atoms with E-state index in [1.165, 1.54) is 12.8 Å². The maximum absolute atomic E-state index is 12.6. The van der Waals surface area contributed by atoms with Gasteiger partial charge in [0.1, 0.15) is 0 Å². The highest BCUT2D eigenvalue weighted by Gasteiger charge is 2.59. The summed E-state index contributed by atoms with van der Waals surface area (Å²) in [6.07, 6.45) is 9.89. The molecule has 2 bridgehead atoms. The van der Waals surface area contributed by atoms with Gasteiger partial charge in [0.05, 0.1) is 11.8 Å². The summed E-state index contributed by atoms with van der Waals surface area (Å²) < 4.78 is 0. The highest BCUT2D eigenvalue weighted by molar-refractivity contribution is 6.06. The molecule has 5 atom stereocenters. The second-order valence-electron chi connectivity index (χ2n) is 6.70. The van der Waals surface area contributed by atoms with Gasteiger partial charge in [-0.05, 0) is 30.6 Å². The summed E-state index contributed by atoms with van der Waals surface area (Å²) in [5, 5.41) is 0. The number of hydrogen-bond acceptors (Lipinski definition) is 2. The number of fused-ring (bicyclic) bond motifs is 5. The lowest BCUT2D eigenvalue weighted by Crippen LogP contribution is -2.37. The van der Waals surface area contributed by atoms with Crippen LogP contribution in [-0.4, -0.2) is 23.3 Å². The Hall–Kier alpha value is -1.12. The summed E-state index contributed by atoms with van der Waals surface area (Å²) in [5.41, 5.74) is 0. The van der Waals surface area contributed by atoms with Crippen molar-refractivity contribution in [2.45, 2.75) is 46.0 Å². The Morgan fingerprint density at radius 2 is 1.75 bits per heavy atom. The molecule has 3 nitrogen and oxygen atoms in total. The van der Waals surface area contributed by atoms with Crippen molar-refractivity contribution in [1.82, 2.24) is 4.90 Å². The van der Waals surface area contributed by atoms with Crippen molar-refractivity contribution in [2.24, 2.45) is 29.6 Å². The molecule has 1 heterocycles. The monoisotopic (exact) mass is 275 g/mol. The smallest absolute Gasteiger partial charge is 0.233 e. The van der Waals surface area contributed by atoms with Gasteiger partial charge in [-0.3, -0.25) is 14.5 Å². The average Bonchev–Trinajstić information content (AvgIpc) is 3.12. The molecule has 2 amide bonds. The molecule has 3 aliphatic rings. The molecule has 1 saturated carbocycles. The average molecular weight is 275 g/mol. The minimum Gasteiger partial charge on any atom is -0.282 e. The van der Waals surface area contributed by atoms with Crippen molar-refractivity contribution >= 4 is 11.8 Å². The minimum atomic E-state index is -0.0267. The zero-order chi connectivity index (χ0) is 14.3. The Balaban J connectivity index is 1.70. The second kappa shape index (κ2) is 5.34. The third-order valence-corrected chi connectivity index (χ3v) is 5.55. The molecule has 0 unspecified atom stereocenters. The highest BCUT2D eigenvalue weighted by Crippen LogP contribution is 2.52. The predicted molar refractivity (Wildman–Crippen MR) is 77.7 cm³/mol. The molecule has 0 aromatic rings. The molecule has 0 aromatic carbocycles. The van der Waals surface area contributed by atoms with Gasteiger partial charge in [0.15, 0.2) is 0 Å². The largest absolute Gasteiger partial charge is 0.282 e. The van der Waals surface area contributed by atoms with Crippen molar-refractivity contribution in [3.05, 3.63) is 12.2 Å². The first-order valence-corrected chi connectivity index (χ1v) is 8.20. The molecule has 0 radical (unpaired) electrons. The Morgan fingerprint density at radius 1 is 1.15 bits per heavy atom. The minimum absolute atomic E-state index is 0.0267. The number of imide groups is 1. The van der Waals surface area contributed by atoms with Gasteiger partial charge in [-0.25, -0.2) is 0 Å². The number of amides is 2. The Labute approximate surface area is 121 Å². The number of likely N-dealkylation sites (tertiary alicyclic amines) is 1. The van der Waals surface area contributed by atoms with E-state index in [0.717, 1.165) is 19.3 Å². The summed E-state index contributed by atoms with van der Waals surface area (Å²) in [6.45, 7) is 5.00. The van der Waals surface area contributed by atoms with Crippen molar-refractivity contribution in [1.29, 1.82) is 0 Å². The summed E-state index contributed by atoms with van der Waals surface area (Å²) in [6, 6.07) is 0. The van der Waals surface area contributed by atoms with Crippen LogP contribution >= 0.6 is 0 Å². The van der Waals surface area contributed by atoms with Gasteiger partial charge >= 0.3 is 0 Å². The second-order valence-corrected chi connectivity index (χ2v) is 6.70. The molecule has 0 aromatic heterocycles. The van der Waals surface area contributed by atoms with Crippen LogP contribution in [0.1, 0.15) is 46.0 Å². The molecular formula is C17H25NO2. The number of carbonyl (C=O) groups is 2. The number of carbonyl (C=O) groups excluding carboxylic acids is 2. The number of nitrogens with zero attached hydrogens (tertiary/aromatic N) is 1. The molecular weight excluding hydrogens is 250 g/mol. The van der Waals surface area contributed by atoms with E-state index in [9.17, 15) is 9.59 Å². The Bertz CT molecular complexity index is 412. The van der Waals surface area contributed by atoms with Crippen LogP contribution in [0.25, 0.3) is 0 Å². The van der Waals surface area contributed by atoms with E-state index in [-0.39, 0.29) is 23.7 Å². The van der Waals surface area contributed by atoms with E-state index in [1.54, 1.807) is 4.90 Å². The van der Waals surface area contributed by atoms with Gasteiger partial charge in [0.2, 0.25) is 11.8 Å². The third-order valence-electron chi connectivity index (χ3n) is 5.55. The van der Waals surface area contributed by atoms with E-state index in [4.69, 9.17) is 0 Å². The molecule has 1 aliphatic heterocycles. The van der Waals surface area contributed by atoms with Gasteiger partial charge in [-0.2, -0.15) is 0 Å². The first-order valence-electron chi connectivity index (χ1n) is 8.20. The fourth-order valence-corrected chi connectivity index (χ4v) is 4.32. The Morgan fingerprint density at radius 3 is 2.25 bits per heavy atom. The van der Waals surface area contributed by atoms with Crippen molar-refractivity contribution in [3.8, 4) is 0 Å². The number of unbranched alkanes of at least 4 members (excludes halogenated alkanes) is 1. The quantitative estimate of drug-likeness (QED) is 0.552. The maximum atomic E-state index is 12.6. The fraction of sp³-hybridized carbons (Fsp3) is 0.765. The van der Waals surface area contributed by atoms with Gasteiger partial charge in [-0.15, -0.1) is 0 Å². The first-order chi connectivity index (χ1) is 9.67. The molecule has 110 valence electrons. The van der Waals surface area contributed by atoms with E-state index >= 15 is 0 Å². The number of allylic oxidation sites excluding steroid dienone is 2. The SMILES string of the molecule is CCCC[C@H](CC)CN1C(=O)[C@@H]2[C@H](C1=O)[C@@H]1C=C[C@H]2C1. The lowest BCUT2D eigenvalue weighted by molar-refractivity contribution is -0.141. The molecule has 20 heavy (non-hydrogen) atoms. The summed E-state index contributed by atoms with van der Waals surface area (Å²) in [5.74, 6) is 1.33. The van der Waals surface area contributed by atoms with Crippen LogP contribution in [0.4, 0.5) is 0 Å². The van der Waals surface area contributed by atoms with E-state index in [0.29, 0.717) is 24.3 Å². The maximum Gasteiger partial charge on any atom is 0.233 e. The lowest BCUT2D eigenvalue weighted by Gasteiger charge is -2.23. The third kappa shape index (κ3) is 2.02. The molecule has 2 aliphatic carbocycles. The Kier molecular flexibility index (Phi) is 3.70. The van der Waals surface area contributed by atoms with Gasteiger partial charge in [0.25, 0.3) is 0 Å². The van der Waals surface area contributed by atoms with Gasteiger partial charge in [-0.1, -0.05) is 45.3 Å². The van der Waals surface area contributed by atoms with Crippen LogP contribution in [0.15, 0.2) is 12.2 Å². The molecule has 3 rings (SSSR count). The first kappa shape index (κ1) is 13.8. The summed E-state index contributed by atoms with van der Waals surface area (Å²) >= 11 is 0. The van der Waals surface area contributed by atoms with Crippen LogP contribution in [0.3, 0.4) is 0 Å². The van der Waals surface area contributed by atoms with Crippen LogP contribution in [0, 0.1) is 29.6 Å². The van der Waals surface area contributed by atoms with Crippen LogP contribution in [0.5, 0.6) is 0 Å². The van der Waals surface area contributed by atoms with Crippen molar-refractivity contribution < 1.29 is 9.59 Å². The van der Waals surface area contributed by atoms with Crippen molar-refractivity contribution in [3.63, 3.8) is 0 Å². The summed E-state index contributed by atoms with van der Waals surface area (Å²) in [7, 11) is 0. The summed E-state index contributed by atoms with van der Waals surface area (Å²) in [4.78, 5) is 26.8. The predicted octanol–water partition coefficient (Wildman–Crippen LogP) is 3.01. The van der Waals surface area contributed by atoms with E-state index < -0.39 is 0 Å². The zero-order valence-electron chi connectivity index (χ0n) is 12.5. The molecule has 2 fully saturated rings. The van der Waals surface area contributed by atoms with E-state index in [1.807, 2.05) is 0 Å². The molecule has 1 saturated heterocycles. The van der Waals surface area contributed by atoms with Crippen LogP contribution in [0.2, 0.25) is 0 Å². The molecule has 0 N–H and O–H groups in total. The fourth-order valence-electron chi connectivity index (χ4n) is 4.32. The standard InChI is InChI=1S/C17H25NO2/c1-3-5-6-11(4-2)10-18-16(19)14-12-7-8-13(9-12)15(14)17(18)20/h7-8,11-15H,3-6,9-10H2,1-2H3/t11-,12-,13+,14-,15+/m0/s1. The number of hydrogen-bond donors (Lipinski definition) is 0. The molecule has 3 heteroatoms. The topological polar surface area (TPSA) is 37.4 Å². The van der Waals surface area contributed by atoms with Crippen molar-refractivity contribution in [2.75, 3.05) is 6.54 Å². The highest BCUT2D eigenvalue weighted by atomic mass is 16.2. The van der Waals surface area contributed by atoms with Gasteiger partial charge in [0, 0.05) is 6.54 Å². The van der Waals surface area contributed by atoms with E-state index in [2.05, 4.69) is 26.0 Å². The lowest BCUT2D eigenvalue weighted by atomic mass is 9.85. The zero-order valence-corrected chi connectivity index (χ0v) is 12.5. The normalized spacial score (nSPS) is 36.0. The van der Waals surface area contributed by atoms with Crippen LogP contribution in [-0.2, 0) is 9.59 Å².